The molecule has 1 aliphatic heterocycles. The molecule has 0 unspecified atom stereocenters. The minimum absolute atomic E-state index is 0.00824. The van der Waals surface area contributed by atoms with Gasteiger partial charge in [0.2, 0.25) is 5.91 Å². The van der Waals surface area contributed by atoms with Gasteiger partial charge in [-0.2, -0.15) is 0 Å². The van der Waals surface area contributed by atoms with Gasteiger partial charge < -0.3 is 15.5 Å². The molecule has 0 saturated carbocycles. The highest BCUT2D eigenvalue weighted by atomic mass is 32.2. The first-order valence-corrected chi connectivity index (χ1v) is 10.2. The normalized spacial score (nSPS) is 15.0. The van der Waals surface area contributed by atoms with Crippen molar-refractivity contribution in [3.63, 3.8) is 0 Å². The van der Waals surface area contributed by atoms with Crippen molar-refractivity contribution in [1.82, 2.24) is 4.90 Å². The third kappa shape index (κ3) is 5.05. The third-order valence-electron chi connectivity index (χ3n) is 4.32. The number of phenols is 1. The highest BCUT2D eigenvalue weighted by molar-refractivity contribution is 8.26. The Bertz CT molecular complexity index is 1060. The van der Waals surface area contributed by atoms with E-state index in [4.69, 9.17) is 17.3 Å². The first-order valence-electron chi connectivity index (χ1n) is 8.93. The van der Waals surface area contributed by atoms with E-state index in [0.717, 1.165) is 17.2 Å². The summed E-state index contributed by atoms with van der Waals surface area (Å²) in [4.78, 5) is 37.6. The van der Waals surface area contributed by atoms with Crippen LogP contribution in [0.3, 0.4) is 0 Å². The maximum Gasteiger partial charge on any atom is 0.339 e. The molecule has 0 atom stereocenters. The fourth-order valence-corrected chi connectivity index (χ4v) is 4.04. The molecule has 7 nitrogen and oxygen atoms in total. The summed E-state index contributed by atoms with van der Waals surface area (Å²) in [6.45, 7) is 2.09. The van der Waals surface area contributed by atoms with Crippen LogP contribution in [-0.2, 0) is 9.59 Å². The van der Waals surface area contributed by atoms with E-state index in [1.165, 1.54) is 28.8 Å². The van der Waals surface area contributed by atoms with E-state index in [1.807, 2.05) is 31.2 Å². The Kier molecular flexibility index (Phi) is 6.53. The van der Waals surface area contributed by atoms with E-state index in [0.29, 0.717) is 9.23 Å². The zero-order chi connectivity index (χ0) is 21.8. The fraction of sp³-hybridized carbons (Fsp3) is 0.143. The van der Waals surface area contributed by atoms with Crippen LogP contribution in [0.4, 0.5) is 5.69 Å². The predicted octanol–water partition coefficient (Wildman–Crippen LogP) is 3.63. The summed E-state index contributed by atoms with van der Waals surface area (Å²) in [6.07, 6.45) is 1.76. The molecule has 0 spiro atoms. The summed E-state index contributed by atoms with van der Waals surface area (Å²) in [5, 5.41) is 21.2. The number of aromatic carboxylic acids is 1. The summed E-state index contributed by atoms with van der Waals surface area (Å²) in [5.41, 5.74) is 2.01. The zero-order valence-electron chi connectivity index (χ0n) is 15.9. The van der Waals surface area contributed by atoms with Gasteiger partial charge in [0.1, 0.15) is 15.6 Å². The van der Waals surface area contributed by atoms with Gasteiger partial charge in [-0.3, -0.25) is 14.5 Å². The lowest BCUT2D eigenvalue weighted by atomic mass is 10.1. The summed E-state index contributed by atoms with van der Waals surface area (Å²) < 4.78 is 0.384. The Labute approximate surface area is 182 Å². The summed E-state index contributed by atoms with van der Waals surface area (Å²) in [6, 6.07) is 11.5. The zero-order valence-corrected chi connectivity index (χ0v) is 17.5. The molecule has 0 bridgehead atoms. The number of benzene rings is 2. The van der Waals surface area contributed by atoms with Crippen LogP contribution >= 0.6 is 24.0 Å². The summed E-state index contributed by atoms with van der Waals surface area (Å²) in [5.74, 6) is -2.35. The minimum Gasteiger partial charge on any atom is -0.507 e. The second kappa shape index (κ2) is 9.10. The van der Waals surface area contributed by atoms with Gasteiger partial charge in [0.25, 0.3) is 5.91 Å². The van der Waals surface area contributed by atoms with Crippen LogP contribution in [0.15, 0.2) is 47.4 Å². The van der Waals surface area contributed by atoms with Crippen LogP contribution in [0.1, 0.15) is 27.9 Å². The van der Waals surface area contributed by atoms with Crippen molar-refractivity contribution in [2.24, 2.45) is 0 Å². The van der Waals surface area contributed by atoms with Gasteiger partial charge in [-0.15, -0.1) is 0 Å². The smallest absolute Gasteiger partial charge is 0.339 e. The molecule has 1 aliphatic rings. The maximum absolute atomic E-state index is 12.6. The van der Waals surface area contributed by atoms with Gasteiger partial charge >= 0.3 is 5.97 Å². The van der Waals surface area contributed by atoms with Gasteiger partial charge in [-0.25, -0.2) is 4.79 Å². The van der Waals surface area contributed by atoms with Crippen molar-refractivity contribution in [2.45, 2.75) is 13.3 Å². The topological polar surface area (TPSA) is 107 Å². The molecular weight excluding hydrogens is 424 g/mol. The molecule has 9 heteroatoms. The number of nitrogens with one attached hydrogen (secondary N) is 1. The molecule has 1 heterocycles. The molecule has 0 aliphatic carbocycles. The summed E-state index contributed by atoms with van der Waals surface area (Å²) >= 11 is 6.47. The molecule has 1 fully saturated rings. The Morgan fingerprint density at radius 1 is 1.20 bits per heavy atom. The standard InChI is InChI=1S/C21H18N2O5S2/c1-12-2-4-13(5-3-12)10-17-19(26)23(21(29)30-17)9-8-18(25)22-14-6-7-15(20(27)28)16(24)11-14/h2-7,10-11,24H,8-9H2,1H3,(H,22,25)(H,27,28). The van der Waals surface area contributed by atoms with Crippen molar-refractivity contribution in [3.8, 4) is 5.75 Å². The molecule has 3 N–H and O–H groups in total. The number of thiocarbonyl (C=S) groups is 1. The molecule has 30 heavy (non-hydrogen) atoms. The number of aryl methyl sites for hydroxylation is 1. The first-order chi connectivity index (χ1) is 14.2. The lowest BCUT2D eigenvalue weighted by molar-refractivity contribution is -0.122. The number of carboxylic acids is 1. The number of amides is 2. The highest BCUT2D eigenvalue weighted by Gasteiger charge is 2.32. The van der Waals surface area contributed by atoms with Crippen molar-refractivity contribution in [3.05, 3.63) is 64.1 Å². The number of anilines is 1. The second-order valence-corrected chi connectivity index (χ2v) is 8.26. The van der Waals surface area contributed by atoms with Crippen LogP contribution < -0.4 is 5.32 Å². The first kappa shape index (κ1) is 21.5. The highest BCUT2D eigenvalue weighted by Crippen LogP contribution is 2.32. The number of hydrogen-bond donors (Lipinski definition) is 3. The molecule has 0 radical (unpaired) electrons. The molecule has 3 rings (SSSR count). The van der Waals surface area contributed by atoms with E-state index in [1.54, 1.807) is 6.08 Å². The SMILES string of the molecule is Cc1ccc(C=C2SC(=S)N(CCC(=O)Nc3ccc(C(=O)O)c(O)c3)C2=O)cc1. The van der Waals surface area contributed by atoms with E-state index in [-0.39, 0.29) is 30.1 Å². The minimum atomic E-state index is -1.27. The van der Waals surface area contributed by atoms with Gasteiger partial charge in [0.05, 0.1) is 4.91 Å². The maximum atomic E-state index is 12.6. The summed E-state index contributed by atoms with van der Waals surface area (Å²) in [7, 11) is 0. The van der Waals surface area contributed by atoms with Gasteiger partial charge in [-0.05, 0) is 30.7 Å². The Hall–Kier alpha value is -3.17. The molecule has 1 saturated heterocycles. The van der Waals surface area contributed by atoms with E-state index in [2.05, 4.69) is 5.32 Å². The van der Waals surface area contributed by atoms with Crippen molar-refractivity contribution >= 4 is 57.8 Å². The van der Waals surface area contributed by atoms with Gasteiger partial charge in [0, 0.05) is 24.7 Å². The molecular formula is C21H18N2O5S2. The third-order valence-corrected chi connectivity index (χ3v) is 5.70. The molecule has 0 aromatic heterocycles. The molecule has 2 aromatic rings. The number of thioether (sulfide) groups is 1. The van der Waals surface area contributed by atoms with Crippen molar-refractivity contribution in [1.29, 1.82) is 0 Å². The molecule has 2 amide bonds. The van der Waals surface area contributed by atoms with E-state index >= 15 is 0 Å². The van der Waals surface area contributed by atoms with E-state index in [9.17, 15) is 19.5 Å². The van der Waals surface area contributed by atoms with Crippen LogP contribution in [0.2, 0.25) is 0 Å². The lowest BCUT2D eigenvalue weighted by Gasteiger charge is -2.14. The van der Waals surface area contributed by atoms with Gasteiger partial charge in [-0.1, -0.05) is 53.8 Å². The van der Waals surface area contributed by atoms with Crippen LogP contribution in [0, 0.1) is 6.92 Å². The number of carboxylic acid groups (broad SMARTS) is 1. The lowest BCUT2D eigenvalue weighted by Crippen LogP contribution is -2.31. The Morgan fingerprint density at radius 2 is 1.90 bits per heavy atom. The Morgan fingerprint density at radius 3 is 2.53 bits per heavy atom. The number of carbonyl (C=O) groups is 3. The Balaban J connectivity index is 1.60. The average molecular weight is 443 g/mol. The largest absolute Gasteiger partial charge is 0.507 e. The quantitative estimate of drug-likeness (QED) is 0.463. The average Bonchev–Trinajstić information content (AvgIpc) is 2.94. The number of aromatic hydroxyl groups is 1. The molecule has 154 valence electrons. The number of nitrogens with zero attached hydrogens (tertiary/aromatic N) is 1. The van der Waals surface area contributed by atoms with Gasteiger partial charge in [0.15, 0.2) is 0 Å². The van der Waals surface area contributed by atoms with Crippen LogP contribution in [-0.4, -0.2) is 43.8 Å². The number of carbonyl (C=O) groups excluding carboxylic acids is 2. The number of rotatable bonds is 6. The number of hydrogen-bond acceptors (Lipinski definition) is 6. The second-order valence-electron chi connectivity index (χ2n) is 6.58. The van der Waals surface area contributed by atoms with Crippen molar-refractivity contribution < 1.29 is 24.6 Å². The predicted molar refractivity (Wildman–Crippen MR) is 119 cm³/mol. The van der Waals surface area contributed by atoms with Crippen LogP contribution in [0.5, 0.6) is 5.75 Å². The van der Waals surface area contributed by atoms with E-state index < -0.39 is 17.6 Å². The van der Waals surface area contributed by atoms with Crippen molar-refractivity contribution in [2.75, 3.05) is 11.9 Å². The molecule has 2 aromatic carbocycles. The fourth-order valence-electron chi connectivity index (χ4n) is 2.73. The monoisotopic (exact) mass is 442 g/mol. The van der Waals surface area contributed by atoms with Crippen LogP contribution in [0.25, 0.3) is 6.08 Å².